The third-order valence-electron chi connectivity index (χ3n) is 5.05. The molecule has 2 aromatic rings. The second kappa shape index (κ2) is 10.7. The molecule has 2 amide bonds. The van der Waals surface area contributed by atoms with Gasteiger partial charge in [-0.2, -0.15) is 0 Å². The topological polar surface area (TPSA) is 61.9 Å². The molecule has 1 saturated heterocycles. The number of hydrogen-bond donors (Lipinski definition) is 1. The Morgan fingerprint density at radius 3 is 2.52 bits per heavy atom. The van der Waals surface area contributed by atoms with Crippen LogP contribution in [0.25, 0.3) is 0 Å². The van der Waals surface area contributed by atoms with E-state index in [4.69, 9.17) is 16.3 Å². The summed E-state index contributed by atoms with van der Waals surface area (Å²) in [7, 11) is 0. The average molecular weight is 574 g/mol. The highest BCUT2D eigenvalue weighted by atomic mass is 79.9. The number of aryl methyl sites for hydroxylation is 1. The van der Waals surface area contributed by atoms with Gasteiger partial charge in [0.25, 0.3) is 5.91 Å². The number of rotatable bonds is 6. The van der Waals surface area contributed by atoms with E-state index in [1.54, 1.807) is 12.1 Å². The average Bonchev–Trinajstić information content (AvgIpc) is 2.72. The van der Waals surface area contributed by atoms with E-state index in [0.717, 1.165) is 20.2 Å². The van der Waals surface area contributed by atoms with Crippen LogP contribution < -0.4 is 15.0 Å². The van der Waals surface area contributed by atoms with Gasteiger partial charge in [0, 0.05) is 37.1 Å². The fourth-order valence-electron chi connectivity index (χ4n) is 3.54. The van der Waals surface area contributed by atoms with Crippen molar-refractivity contribution in [2.75, 3.05) is 43.0 Å². The van der Waals surface area contributed by atoms with Gasteiger partial charge in [-0.1, -0.05) is 40.5 Å². The summed E-state index contributed by atoms with van der Waals surface area (Å²) in [6.45, 7) is 6.22. The maximum Gasteiger partial charge on any atom is 0.262 e. The quantitative estimate of drug-likeness (QED) is 0.513. The standard InChI is InChI=1S/C22H24Br2ClN3O3/c1-3-20(30)27-7-9-28(10-8-27)21-17(25)5-4-6-18(21)26-19(29)13-31-22-14(2)11-15(23)12-16(22)24/h4-6,11-12H,3,7-10,13H2,1-2H3,(H,26,29). The molecule has 0 unspecified atom stereocenters. The van der Waals surface area contributed by atoms with E-state index in [1.807, 2.05) is 36.9 Å². The number of nitrogens with one attached hydrogen (secondary N) is 1. The first kappa shape index (κ1) is 23.9. The van der Waals surface area contributed by atoms with E-state index in [9.17, 15) is 9.59 Å². The largest absolute Gasteiger partial charge is 0.482 e. The first-order chi connectivity index (χ1) is 14.8. The molecule has 1 fully saturated rings. The Hall–Kier alpha value is -1.77. The van der Waals surface area contributed by atoms with Crippen LogP contribution in [-0.2, 0) is 9.59 Å². The molecule has 2 aromatic carbocycles. The minimum Gasteiger partial charge on any atom is -0.482 e. The molecule has 6 nitrogen and oxygen atoms in total. The molecule has 0 bridgehead atoms. The van der Waals surface area contributed by atoms with E-state index in [0.29, 0.717) is 49.1 Å². The van der Waals surface area contributed by atoms with Gasteiger partial charge in [0.1, 0.15) is 5.75 Å². The number of halogens is 3. The van der Waals surface area contributed by atoms with Crippen molar-refractivity contribution in [2.45, 2.75) is 20.3 Å². The first-order valence-electron chi connectivity index (χ1n) is 9.99. The van der Waals surface area contributed by atoms with Crippen LogP contribution in [0.2, 0.25) is 5.02 Å². The number of hydrogen-bond acceptors (Lipinski definition) is 4. The minimum absolute atomic E-state index is 0.133. The van der Waals surface area contributed by atoms with Gasteiger partial charge >= 0.3 is 0 Å². The lowest BCUT2D eigenvalue weighted by Gasteiger charge is -2.37. The summed E-state index contributed by atoms with van der Waals surface area (Å²) >= 11 is 13.4. The zero-order chi connectivity index (χ0) is 22.5. The zero-order valence-electron chi connectivity index (χ0n) is 17.4. The van der Waals surface area contributed by atoms with Gasteiger partial charge in [-0.15, -0.1) is 0 Å². The van der Waals surface area contributed by atoms with Gasteiger partial charge in [-0.25, -0.2) is 0 Å². The molecule has 0 aromatic heterocycles. The monoisotopic (exact) mass is 571 g/mol. The molecular formula is C22H24Br2ClN3O3. The number of para-hydroxylation sites is 1. The fraction of sp³-hybridized carbons (Fsp3) is 0.364. The fourth-order valence-corrected chi connectivity index (χ4v) is 5.38. The first-order valence-corrected chi connectivity index (χ1v) is 12.0. The summed E-state index contributed by atoms with van der Waals surface area (Å²) in [5, 5.41) is 3.48. The van der Waals surface area contributed by atoms with Crippen molar-refractivity contribution >= 4 is 66.6 Å². The molecule has 0 radical (unpaired) electrons. The molecule has 3 rings (SSSR count). The number of amides is 2. The number of piperazine rings is 1. The van der Waals surface area contributed by atoms with E-state index >= 15 is 0 Å². The second-order valence-corrected chi connectivity index (χ2v) is 9.41. The Kier molecular flexibility index (Phi) is 8.24. The van der Waals surface area contributed by atoms with Gasteiger partial charge in [-0.3, -0.25) is 9.59 Å². The van der Waals surface area contributed by atoms with Crippen LogP contribution >= 0.6 is 43.5 Å². The molecular weight excluding hydrogens is 550 g/mol. The SMILES string of the molecule is CCC(=O)N1CCN(c2c(Cl)cccc2NC(=O)COc2c(C)cc(Br)cc2Br)CC1. The molecule has 1 aliphatic rings. The van der Waals surface area contributed by atoms with Crippen LogP contribution in [0.15, 0.2) is 39.3 Å². The highest BCUT2D eigenvalue weighted by molar-refractivity contribution is 9.11. The molecule has 0 saturated carbocycles. The summed E-state index contributed by atoms with van der Waals surface area (Å²) in [4.78, 5) is 28.5. The predicted octanol–water partition coefficient (Wildman–Crippen LogP) is 5.25. The maximum atomic E-state index is 12.6. The van der Waals surface area contributed by atoms with Crippen molar-refractivity contribution in [2.24, 2.45) is 0 Å². The molecule has 166 valence electrons. The normalized spacial score (nSPS) is 13.8. The van der Waals surface area contributed by atoms with Crippen LogP contribution in [0.1, 0.15) is 18.9 Å². The lowest BCUT2D eigenvalue weighted by atomic mass is 10.2. The number of ether oxygens (including phenoxy) is 1. The predicted molar refractivity (Wildman–Crippen MR) is 131 cm³/mol. The number of nitrogens with zero attached hydrogens (tertiary/aromatic N) is 2. The van der Waals surface area contributed by atoms with Crippen molar-refractivity contribution < 1.29 is 14.3 Å². The van der Waals surface area contributed by atoms with Crippen LogP contribution in [0.3, 0.4) is 0 Å². The molecule has 1 aliphatic heterocycles. The van der Waals surface area contributed by atoms with Gasteiger partial charge in [0.2, 0.25) is 5.91 Å². The minimum atomic E-state index is -0.280. The highest BCUT2D eigenvalue weighted by Gasteiger charge is 2.24. The van der Waals surface area contributed by atoms with Crippen LogP contribution in [0.4, 0.5) is 11.4 Å². The number of anilines is 2. The van der Waals surface area contributed by atoms with Crippen molar-refractivity contribution in [3.05, 3.63) is 49.9 Å². The maximum absolute atomic E-state index is 12.6. The van der Waals surface area contributed by atoms with E-state index < -0.39 is 0 Å². The molecule has 1 heterocycles. The van der Waals surface area contributed by atoms with Crippen molar-refractivity contribution in [3.8, 4) is 5.75 Å². The zero-order valence-corrected chi connectivity index (χ0v) is 21.3. The van der Waals surface area contributed by atoms with E-state index in [1.165, 1.54) is 0 Å². The molecule has 0 atom stereocenters. The smallest absolute Gasteiger partial charge is 0.262 e. The third-order valence-corrected chi connectivity index (χ3v) is 6.41. The summed E-state index contributed by atoms with van der Waals surface area (Å²) in [5.74, 6) is 0.498. The number of carbonyl (C=O) groups excluding carboxylic acids is 2. The Bertz CT molecular complexity index is 955. The lowest BCUT2D eigenvalue weighted by molar-refractivity contribution is -0.131. The molecule has 1 N–H and O–H groups in total. The number of benzene rings is 2. The Morgan fingerprint density at radius 2 is 1.87 bits per heavy atom. The van der Waals surface area contributed by atoms with Crippen molar-refractivity contribution in [1.82, 2.24) is 4.90 Å². The van der Waals surface area contributed by atoms with Crippen LogP contribution in [-0.4, -0.2) is 49.5 Å². The van der Waals surface area contributed by atoms with Gasteiger partial charge in [-0.05, 0) is 52.7 Å². The molecule has 0 aliphatic carbocycles. The van der Waals surface area contributed by atoms with E-state index in [2.05, 4.69) is 42.1 Å². The van der Waals surface area contributed by atoms with Gasteiger partial charge in [0.05, 0.1) is 20.9 Å². The van der Waals surface area contributed by atoms with Gasteiger partial charge < -0.3 is 19.9 Å². The van der Waals surface area contributed by atoms with E-state index in [-0.39, 0.29) is 18.4 Å². The summed E-state index contributed by atoms with van der Waals surface area (Å²) in [5.41, 5.74) is 2.31. The Morgan fingerprint density at radius 1 is 1.16 bits per heavy atom. The lowest BCUT2D eigenvalue weighted by Crippen LogP contribution is -2.48. The summed E-state index contributed by atoms with van der Waals surface area (Å²) < 4.78 is 7.46. The van der Waals surface area contributed by atoms with Crippen LogP contribution in [0, 0.1) is 6.92 Å². The molecule has 31 heavy (non-hydrogen) atoms. The molecule has 9 heteroatoms. The highest BCUT2D eigenvalue weighted by Crippen LogP contribution is 2.35. The summed E-state index contributed by atoms with van der Waals surface area (Å²) in [6, 6.07) is 9.22. The number of carbonyl (C=O) groups is 2. The van der Waals surface area contributed by atoms with Crippen molar-refractivity contribution in [3.63, 3.8) is 0 Å². The van der Waals surface area contributed by atoms with Crippen molar-refractivity contribution in [1.29, 1.82) is 0 Å². The van der Waals surface area contributed by atoms with Gasteiger partial charge in [0.15, 0.2) is 6.61 Å². The summed E-state index contributed by atoms with van der Waals surface area (Å²) in [6.07, 6.45) is 0.501. The third kappa shape index (κ3) is 5.93. The second-order valence-electron chi connectivity index (χ2n) is 7.23. The molecule has 0 spiro atoms. The van der Waals surface area contributed by atoms with Crippen LogP contribution in [0.5, 0.6) is 5.75 Å². The Balaban J connectivity index is 1.68. The Labute approximate surface area is 204 Å².